The van der Waals surface area contributed by atoms with Gasteiger partial charge in [-0.1, -0.05) is 77.1 Å². The molecule has 1 aliphatic carbocycles. The number of fused-ring (bicyclic) bond motifs is 1. The quantitative estimate of drug-likeness (QED) is 0.578. The predicted molar refractivity (Wildman–Crippen MR) is 121 cm³/mol. The highest BCUT2D eigenvalue weighted by atomic mass is 15.0. The molecule has 2 nitrogen and oxygen atoms in total. The Bertz CT molecular complexity index is 961. The van der Waals surface area contributed by atoms with Gasteiger partial charge >= 0.3 is 0 Å². The van der Waals surface area contributed by atoms with Gasteiger partial charge in [0.25, 0.3) is 0 Å². The van der Waals surface area contributed by atoms with Gasteiger partial charge in [-0.25, -0.2) is 0 Å². The van der Waals surface area contributed by atoms with E-state index in [-0.39, 0.29) is 10.8 Å². The molecule has 1 aromatic carbocycles. The third kappa shape index (κ3) is 3.97. The van der Waals surface area contributed by atoms with Crippen LogP contribution in [0.1, 0.15) is 66.0 Å². The SMILES string of the molecule is CCC1=CCC(n2cc([B]CC(C)(C)C(C)(C)C)c3cc(C#N)ccc32)C=C1. The van der Waals surface area contributed by atoms with Gasteiger partial charge in [-0.15, -0.1) is 0 Å². The Morgan fingerprint density at radius 3 is 2.54 bits per heavy atom. The minimum absolute atomic E-state index is 0.192. The van der Waals surface area contributed by atoms with E-state index in [2.05, 4.69) is 89.9 Å². The van der Waals surface area contributed by atoms with E-state index in [0.29, 0.717) is 6.04 Å². The standard InChI is InChI=1S/C25H32BN2/c1-7-18-8-11-20(12-9-18)28-16-22(26-17-25(5,6)24(2,3)4)21-14-19(15-27)10-13-23(21)28/h8-11,13-14,16,20H,7,12,17H2,1-6H3. The minimum Gasteiger partial charge on any atom is -0.341 e. The molecule has 1 radical (unpaired) electrons. The molecule has 0 fully saturated rings. The Morgan fingerprint density at radius 1 is 1.21 bits per heavy atom. The molecule has 0 aliphatic heterocycles. The number of nitrogens with zero attached hydrogens (tertiary/aromatic N) is 2. The fourth-order valence-corrected chi connectivity index (χ4v) is 3.58. The van der Waals surface area contributed by atoms with Crippen molar-refractivity contribution in [3.8, 4) is 6.07 Å². The van der Waals surface area contributed by atoms with Crippen LogP contribution in [0.5, 0.6) is 0 Å². The summed E-state index contributed by atoms with van der Waals surface area (Å²) < 4.78 is 2.38. The highest BCUT2D eigenvalue weighted by Crippen LogP contribution is 2.41. The predicted octanol–water partition coefficient (Wildman–Crippen LogP) is 6.17. The second kappa shape index (κ2) is 7.67. The van der Waals surface area contributed by atoms with Crippen molar-refractivity contribution in [1.29, 1.82) is 5.26 Å². The van der Waals surface area contributed by atoms with Crippen LogP contribution in [0, 0.1) is 22.2 Å². The van der Waals surface area contributed by atoms with Crippen LogP contribution in [0.3, 0.4) is 0 Å². The second-order valence-electron chi connectivity index (χ2n) is 9.67. The lowest BCUT2D eigenvalue weighted by atomic mass is 9.53. The van der Waals surface area contributed by atoms with Gasteiger partial charge in [0, 0.05) is 5.52 Å². The van der Waals surface area contributed by atoms with Crippen LogP contribution in [0.25, 0.3) is 10.9 Å². The lowest BCUT2D eigenvalue weighted by Gasteiger charge is -2.39. The zero-order valence-corrected chi connectivity index (χ0v) is 18.2. The van der Waals surface area contributed by atoms with Gasteiger partial charge in [-0.05, 0) is 53.5 Å². The van der Waals surface area contributed by atoms with Crippen LogP contribution in [-0.4, -0.2) is 11.8 Å². The maximum Gasteiger partial charge on any atom is 0.155 e. The number of rotatable bonds is 5. The number of nitriles is 1. The van der Waals surface area contributed by atoms with E-state index in [0.717, 1.165) is 24.7 Å². The molecule has 145 valence electrons. The van der Waals surface area contributed by atoms with Gasteiger partial charge in [0.05, 0.1) is 17.7 Å². The van der Waals surface area contributed by atoms with Crippen LogP contribution < -0.4 is 5.46 Å². The molecule has 1 unspecified atom stereocenters. The normalized spacial score (nSPS) is 17.5. The third-order valence-corrected chi connectivity index (χ3v) is 6.78. The highest BCUT2D eigenvalue weighted by Gasteiger charge is 2.32. The number of hydrogen-bond acceptors (Lipinski definition) is 1. The van der Waals surface area contributed by atoms with Gasteiger partial charge in [0.1, 0.15) is 0 Å². The average molecular weight is 371 g/mol. The Morgan fingerprint density at radius 2 is 1.96 bits per heavy atom. The van der Waals surface area contributed by atoms with E-state index in [4.69, 9.17) is 0 Å². The third-order valence-electron chi connectivity index (χ3n) is 6.78. The summed E-state index contributed by atoms with van der Waals surface area (Å²) in [5.74, 6) is 0. The van der Waals surface area contributed by atoms with Gasteiger partial charge in [-0.3, -0.25) is 0 Å². The first kappa shape index (κ1) is 20.5. The van der Waals surface area contributed by atoms with Crippen molar-refractivity contribution >= 4 is 23.6 Å². The van der Waals surface area contributed by atoms with Crippen molar-refractivity contribution in [2.75, 3.05) is 0 Å². The summed E-state index contributed by atoms with van der Waals surface area (Å²) in [5, 5.41) is 10.6. The lowest BCUT2D eigenvalue weighted by Crippen LogP contribution is -2.33. The number of benzene rings is 1. The Hall–Kier alpha value is -2.21. The van der Waals surface area contributed by atoms with E-state index in [9.17, 15) is 5.26 Å². The van der Waals surface area contributed by atoms with Crippen LogP contribution in [0.4, 0.5) is 0 Å². The van der Waals surface area contributed by atoms with Crippen LogP contribution in [-0.2, 0) is 0 Å². The van der Waals surface area contributed by atoms with E-state index in [1.165, 1.54) is 21.9 Å². The largest absolute Gasteiger partial charge is 0.341 e. The molecule has 1 aromatic heterocycles. The highest BCUT2D eigenvalue weighted by molar-refractivity contribution is 6.57. The maximum absolute atomic E-state index is 9.38. The molecule has 3 rings (SSSR count). The van der Waals surface area contributed by atoms with Gasteiger partial charge in [-0.2, -0.15) is 5.26 Å². The summed E-state index contributed by atoms with van der Waals surface area (Å²) in [6, 6.07) is 8.71. The first-order valence-electron chi connectivity index (χ1n) is 10.4. The molecule has 2 aromatic rings. The summed E-state index contributed by atoms with van der Waals surface area (Å²) in [6.45, 7) is 13.8. The summed E-state index contributed by atoms with van der Waals surface area (Å²) in [4.78, 5) is 0. The average Bonchev–Trinajstić information content (AvgIpc) is 3.03. The summed E-state index contributed by atoms with van der Waals surface area (Å²) in [5.41, 5.74) is 5.01. The van der Waals surface area contributed by atoms with Gasteiger partial charge < -0.3 is 4.57 Å². The van der Waals surface area contributed by atoms with Crippen molar-refractivity contribution in [3.63, 3.8) is 0 Å². The Labute approximate surface area is 171 Å². The van der Waals surface area contributed by atoms with Gasteiger partial charge in [0.15, 0.2) is 7.28 Å². The zero-order valence-electron chi connectivity index (χ0n) is 18.2. The minimum atomic E-state index is 0.192. The van der Waals surface area contributed by atoms with E-state index >= 15 is 0 Å². The number of hydrogen-bond donors (Lipinski definition) is 0. The molecule has 1 aliphatic rings. The molecule has 28 heavy (non-hydrogen) atoms. The molecule has 1 atom stereocenters. The Kier molecular flexibility index (Phi) is 5.62. The molecule has 3 heteroatoms. The number of aromatic nitrogens is 1. The molecular weight excluding hydrogens is 339 g/mol. The van der Waals surface area contributed by atoms with Crippen LogP contribution >= 0.6 is 0 Å². The first-order valence-corrected chi connectivity index (χ1v) is 10.4. The zero-order chi connectivity index (χ0) is 20.5. The molecular formula is C25H32BN2. The van der Waals surface area contributed by atoms with Crippen LogP contribution in [0.2, 0.25) is 6.32 Å². The molecule has 0 saturated heterocycles. The van der Waals surface area contributed by atoms with Crippen LogP contribution in [0.15, 0.2) is 48.2 Å². The molecule has 1 heterocycles. The summed E-state index contributed by atoms with van der Waals surface area (Å²) >= 11 is 0. The van der Waals surface area contributed by atoms with E-state index in [1.54, 1.807) is 0 Å². The van der Waals surface area contributed by atoms with E-state index in [1.807, 2.05) is 12.1 Å². The fraction of sp³-hybridized carbons (Fsp3) is 0.480. The molecule has 0 bridgehead atoms. The van der Waals surface area contributed by atoms with Crippen molar-refractivity contribution in [2.24, 2.45) is 10.8 Å². The van der Waals surface area contributed by atoms with Crippen molar-refractivity contribution in [3.05, 3.63) is 53.8 Å². The smallest absolute Gasteiger partial charge is 0.155 e. The van der Waals surface area contributed by atoms with Gasteiger partial charge in [0.2, 0.25) is 0 Å². The molecule has 0 saturated carbocycles. The van der Waals surface area contributed by atoms with Crippen molar-refractivity contribution in [1.82, 2.24) is 4.57 Å². The van der Waals surface area contributed by atoms with Crippen molar-refractivity contribution in [2.45, 2.75) is 66.7 Å². The number of allylic oxidation sites excluding steroid dienone is 4. The molecule has 0 amide bonds. The monoisotopic (exact) mass is 371 g/mol. The fourth-order valence-electron chi connectivity index (χ4n) is 3.58. The summed E-state index contributed by atoms with van der Waals surface area (Å²) in [6.07, 6.45) is 12.3. The van der Waals surface area contributed by atoms with Crippen molar-refractivity contribution < 1.29 is 0 Å². The van der Waals surface area contributed by atoms with E-state index < -0.39 is 0 Å². The summed E-state index contributed by atoms with van der Waals surface area (Å²) in [7, 11) is 2.37. The maximum atomic E-state index is 9.38. The lowest BCUT2D eigenvalue weighted by molar-refractivity contribution is 0.157. The topological polar surface area (TPSA) is 28.7 Å². The molecule has 0 spiro atoms. The second-order valence-corrected chi connectivity index (χ2v) is 9.67. The Balaban J connectivity index is 1.98. The molecule has 0 N–H and O–H groups in total. The first-order chi connectivity index (χ1) is 13.2.